The average Bonchev–Trinajstić information content (AvgIpc) is 2.46. The molecule has 1 unspecified atom stereocenters. The molecule has 112 valence electrons. The molecule has 20 heavy (non-hydrogen) atoms. The lowest BCUT2D eigenvalue weighted by Crippen LogP contribution is -2.40. The number of benzene rings is 1. The minimum Gasteiger partial charge on any atom is -0.316 e. The van der Waals surface area contributed by atoms with Crippen molar-refractivity contribution in [1.82, 2.24) is 5.32 Å². The van der Waals surface area contributed by atoms with E-state index in [1.54, 1.807) is 12.1 Å². The molecule has 1 aromatic carbocycles. The second-order valence-corrected chi connectivity index (χ2v) is 7.84. The quantitative estimate of drug-likeness (QED) is 0.908. The minimum absolute atomic E-state index is 0.0694. The van der Waals surface area contributed by atoms with Crippen molar-refractivity contribution in [3.05, 3.63) is 29.8 Å². The highest BCUT2D eigenvalue weighted by Crippen LogP contribution is 2.28. The van der Waals surface area contributed by atoms with Crippen molar-refractivity contribution in [2.45, 2.75) is 50.0 Å². The molecule has 1 aliphatic carbocycles. The molecule has 0 spiro atoms. The fourth-order valence-electron chi connectivity index (χ4n) is 3.22. The van der Waals surface area contributed by atoms with E-state index in [1.165, 1.54) is 19.3 Å². The van der Waals surface area contributed by atoms with Gasteiger partial charge in [0.15, 0.2) is 9.84 Å². The maximum atomic E-state index is 12.6. The van der Waals surface area contributed by atoms with Crippen LogP contribution in [0.5, 0.6) is 0 Å². The number of hydrogen-bond acceptors (Lipinski definition) is 3. The predicted octanol–water partition coefficient (Wildman–Crippen LogP) is 2.94. The topological polar surface area (TPSA) is 46.2 Å². The smallest absolute Gasteiger partial charge is 0.180 e. The van der Waals surface area contributed by atoms with Crippen LogP contribution in [0.3, 0.4) is 0 Å². The van der Waals surface area contributed by atoms with Crippen molar-refractivity contribution in [2.75, 3.05) is 12.8 Å². The third-order valence-corrected chi connectivity index (χ3v) is 6.34. The normalized spacial score (nSPS) is 18.9. The van der Waals surface area contributed by atoms with Crippen molar-refractivity contribution >= 4 is 9.84 Å². The lowest BCUT2D eigenvalue weighted by Gasteiger charge is -2.30. The van der Waals surface area contributed by atoms with Crippen LogP contribution >= 0.6 is 0 Å². The Morgan fingerprint density at radius 1 is 1.20 bits per heavy atom. The monoisotopic (exact) mass is 295 g/mol. The lowest BCUT2D eigenvalue weighted by atomic mass is 9.84. The van der Waals surface area contributed by atoms with Gasteiger partial charge in [-0.25, -0.2) is 8.42 Å². The van der Waals surface area contributed by atoms with Crippen LogP contribution in [-0.4, -0.2) is 27.3 Å². The molecule has 2 rings (SSSR count). The van der Waals surface area contributed by atoms with E-state index in [1.807, 2.05) is 26.1 Å². The SMILES string of the molecule is CNC(CS(=O)(=O)c1ccccc1C)C1CCCCC1. The number of rotatable bonds is 5. The molecule has 0 radical (unpaired) electrons. The van der Waals surface area contributed by atoms with Crippen molar-refractivity contribution in [2.24, 2.45) is 5.92 Å². The zero-order valence-electron chi connectivity index (χ0n) is 12.4. The Labute approximate surface area is 122 Å². The maximum Gasteiger partial charge on any atom is 0.180 e. The molecule has 3 nitrogen and oxygen atoms in total. The Morgan fingerprint density at radius 2 is 1.85 bits per heavy atom. The summed E-state index contributed by atoms with van der Waals surface area (Å²) < 4.78 is 25.2. The molecule has 1 aromatic rings. The Bertz CT molecular complexity index is 533. The average molecular weight is 295 g/mol. The summed E-state index contributed by atoms with van der Waals surface area (Å²) in [7, 11) is -1.33. The first-order valence-electron chi connectivity index (χ1n) is 7.50. The summed E-state index contributed by atoms with van der Waals surface area (Å²) in [5.74, 6) is 0.700. The van der Waals surface area contributed by atoms with Gasteiger partial charge in [0.05, 0.1) is 10.6 Å². The molecule has 1 N–H and O–H groups in total. The summed E-state index contributed by atoms with van der Waals surface area (Å²) in [6.07, 6.45) is 6.04. The van der Waals surface area contributed by atoms with E-state index >= 15 is 0 Å². The molecule has 1 saturated carbocycles. The molecule has 1 fully saturated rings. The van der Waals surface area contributed by atoms with Crippen LogP contribution in [0.15, 0.2) is 29.2 Å². The predicted molar refractivity (Wildman–Crippen MR) is 82.7 cm³/mol. The molecular formula is C16H25NO2S. The minimum atomic E-state index is -3.21. The molecule has 1 aliphatic rings. The Kier molecular flexibility index (Phi) is 5.22. The third-order valence-electron chi connectivity index (χ3n) is 4.42. The highest BCUT2D eigenvalue weighted by molar-refractivity contribution is 7.91. The molecule has 0 amide bonds. The summed E-state index contributed by atoms with van der Waals surface area (Å²) in [6.45, 7) is 1.86. The molecule has 0 saturated heterocycles. The number of sulfone groups is 1. The fourth-order valence-corrected chi connectivity index (χ4v) is 5.16. The molecule has 0 heterocycles. The van der Waals surface area contributed by atoms with E-state index < -0.39 is 9.84 Å². The van der Waals surface area contributed by atoms with Gasteiger partial charge < -0.3 is 5.32 Å². The van der Waals surface area contributed by atoms with E-state index in [0.717, 1.165) is 18.4 Å². The fraction of sp³-hybridized carbons (Fsp3) is 0.625. The molecule has 0 aromatic heterocycles. The van der Waals surface area contributed by atoms with Gasteiger partial charge in [0.25, 0.3) is 0 Å². The van der Waals surface area contributed by atoms with E-state index in [2.05, 4.69) is 5.32 Å². The highest BCUT2D eigenvalue weighted by atomic mass is 32.2. The molecule has 4 heteroatoms. The van der Waals surface area contributed by atoms with Gasteiger partial charge in [-0.1, -0.05) is 37.5 Å². The summed E-state index contributed by atoms with van der Waals surface area (Å²) >= 11 is 0. The number of hydrogen-bond donors (Lipinski definition) is 1. The van der Waals surface area contributed by atoms with Crippen molar-refractivity contribution in [1.29, 1.82) is 0 Å². The van der Waals surface area contributed by atoms with Crippen LogP contribution in [-0.2, 0) is 9.84 Å². The van der Waals surface area contributed by atoms with Gasteiger partial charge in [-0.2, -0.15) is 0 Å². The molecule has 1 atom stereocenters. The molecule has 0 bridgehead atoms. The standard InChI is InChI=1S/C16H25NO2S/c1-13-8-6-7-11-16(13)20(18,19)12-15(17-2)14-9-4-3-5-10-14/h6-8,11,14-15,17H,3-5,9-10,12H2,1-2H3. The first-order chi connectivity index (χ1) is 9.54. The summed E-state index contributed by atoms with van der Waals surface area (Å²) in [6, 6.07) is 7.33. The van der Waals surface area contributed by atoms with Crippen LogP contribution in [0, 0.1) is 12.8 Å². The summed E-state index contributed by atoms with van der Waals surface area (Å²) in [5.41, 5.74) is 0.839. The summed E-state index contributed by atoms with van der Waals surface area (Å²) in [5, 5.41) is 3.24. The van der Waals surface area contributed by atoms with Crippen molar-refractivity contribution < 1.29 is 8.42 Å². The second-order valence-electron chi connectivity index (χ2n) is 5.84. The van der Waals surface area contributed by atoms with Crippen LogP contribution < -0.4 is 5.32 Å². The van der Waals surface area contributed by atoms with Crippen LogP contribution in [0.1, 0.15) is 37.7 Å². The van der Waals surface area contributed by atoms with Crippen LogP contribution in [0.4, 0.5) is 0 Å². The van der Waals surface area contributed by atoms with Crippen molar-refractivity contribution in [3.63, 3.8) is 0 Å². The Morgan fingerprint density at radius 3 is 2.45 bits per heavy atom. The Hall–Kier alpha value is -0.870. The zero-order chi connectivity index (χ0) is 14.6. The zero-order valence-corrected chi connectivity index (χ0v) is 13.2. The third kappa shape index (κ3) is 3.61. The molecule has 0 aliphatic heterocycles. The van der Waals surface area contributed by atoms with E-state index in [0.29, 0.717) is 10.8 Å². The van der Waals surface area contributed by atoms with Crippen LogP contribution in [0.25, 0.3) is 0 Å². The molecular weight excluding hydrogens is 270 g/mol. The van der Waals surface area contributed by atoms with Gasteiger partial charge in [-0.3, -0.25) is 0 Å². The van der Waals surface area contributed by atoms with Gasteiger partial charge in [0.2, 0.25) is 0 Å². The highest BCUT2D eigenvalue weighted by Gasteiger charge is 2.28. The lowest BCUT2D eigenvalue weighted by molar-refractivity contribution is 0.292. The van der Waals surface area contributed by atoms with Crippen molar-refractivity contribution in [3.8, 4) is 0 Å². The van der Waals surface area contributed by atoms with Gasteiger partial charge in [-0.15, -0.1) is 0 Å². The van der Waals surface area contributed by atoms with Gasteiger partial charge >= 0.3 is 0 Å². The van der Waals surface area contributed by atoms with Gasteiger partial charge in [0.1, 0.15) is 0 Å². The van der Waals surface area contributed by atoms with Gasteiger partial charge in [-0.05, 0) is 44.4 Å². The number of aryl methyl sites for hydroxylation is 1. The largest absolute Gasteiger partial charge is 0.316 e. The van der Waals surface area contributed by atoms with Gasteiger partial charge in [0, 0.05) is 6.04 Å². The van der Waals surface area contributed by atoms with E-state index in [9.17, 15) is 8.42 Å². The number of nitrogens with one attached hydrogen (secondary N) is 1. The first kappa shape index (κ1) is 15.5. The van der Waals surface area contributed by atoms with Crippen LogP contribution in [0.2, 0.25) is 0 Å². The first-order valence-corrected chi connectivity index (χ1v) is 9.15. The summed E-state index contributed by atoms with van der Waals surface area (Å²) in [4.78, 5) is 0.482. The van der Waals surface area contributed by atoms with E-state index in [-0.39, 0.29) is 11.8 Å². The Balaban J connectivity index is 2.15. The maximum absolute atomic E-state index is 12.6. The van der Waals surface area contributed by atoms with E-state index in [4.69, 9.17) is 0 Å². The second kappa shape index (κ2) is 6.72.